The van der Waals surface area contributed by atoms with Gasteiger partial charge in [-0.25, -0.2) is 23.4 Å². The van der Waals surface area contributed by atoms with Gasteiger partial charge in [-0.2, -0.15) is 26.3 Å². The largest absolute Gasteiger partial charge is 0.453 e. The van der Waals surface area contributed by atoms with Crippen LogP contribution < -0.4 is 21.4 Å². The molecule has 0 heterocycles. The van der Waals surface area contributed by atoms with Crippen molar-refractivity contribution >= 4 is 35.8 Å². The molecule has 294 valence electrons. The fraction of sp³-hybridized carbons (Fsp3) is 0.586. The minimum atomic E-state index is -5.15. The van der Waals surface area contributed by atoms with E-state index in [2.05, 4.69) is 9.47 Å². The molecule has 0 bridgehead atoms. The molecular formula is C29H39F8N7O8. The highest BCUT2D eigenvalue weighted by atomic mass is 19.4. The van der Waals surface area contributed by atoms with Crippen molar-refractivity contribution in [2.75, 3.05) is 27.3 Å². The Morgan fingerprint density at radius 1 is 0.827 bits per heavy atom. The van der Waals surface area contributed by atoms with Crippen molar-refractivity contribution in [3.8, 4) is 0 Å². The van der Waals surface area contributed by atoms with E-state index in [0.717, 1.165) is 21.1 Å². The predicted octanol–water partition coefficient (Wildman–Crippen LogP) is 3.24. The third-order valence-electron chi connectivity index (χ3n) is 7.54. The predicted molar refractivity (Wildman–Crippen MR) is 164 cm³/mol. The molecule has 1 rings (SSSR count). The lowest BCUT2D eigenvalue weighted by atomic mass is 9.83. The molecule has 15 nitrogen and oxygen atoms in total. The van der Waals surface area contributed by atoms with Crippen molar-refractivity contribution in [3.05, 3.63) is 34.9 Å². The van der Waals surface area contributed by atoms with E-state index in [-0.39, 0.29) is 0 Å². The topological polar surface area (TPSA) is 215 Å². The van der Waals surface area contributed by atoms with Crippen molar-refractivity contribution in [2.24, 2.45) is 10.8 Å². The first-order chi connectivity index (χ1) is 23.6. The Labute approximate surface area is 291 Å². The number of halogens is 8. The number of aliphatic hydroxyl groups is 1. The standard InChI is InChI=1S/C29H39F8N7O8/c1-13(38)52-21(39)14-8-17(30)16(18(31)9-14)12-44(43-23(47)20(42-25(49)51-7)27(4,5)29(35,36)37)11-15(45)10-40-22(46)19(41-24(48)50-6)26(2,3)28(32,33)34/h8-9,15,19-20,38-39,45H,10-12H2,1-7H3,(H,40,46)(H,41,48)(H,42,49)(H,43,47)/t15-,19?,20-/m1/s1. The lowest BCUT2D eigenvalue weighted by Crippen LogP contribution is -2.62. The number of benzene rings is 1. The van der Waals surface area contributed by atoms with Crippen LogP contribution in [0.3, 0.4) is 0 Å². The van der Waals surface area contributed by atoms with Crippen LogP contribution in [0.4, 0.5) is 44.7 Å². The van der Waals surface area contributed by atoms with Crippen molar-refractivity contribution < 1.29 is 73.6 Å². The van der Waals surface area contributed by atoms with Crippen molar-refractivity contribution in [3.63, 3.8) is 0 Å². The van der Waals surface area contributed by atoms with Gasteiger partial charge in [0, 0.05) is 37.7 Å². The van der Waals surface area contributed by atoms with Crippen LogP contribution in [0.25, 0.3) is 0 Å². The maximum atomic E-state index is 15.2. The summed E-state index contributed by atoms with van der Waals surface area (Å²) < 4.78 is 127. The van der Waals surface area contributed by atoms with Crippen molar-refractivity contribution in [2.45, 2.75) is 71.7 Å². The van der Waals surface area contributed by atoms with Crippen LogP contribution >= 0.6 is 0 Å². The molecule has 0 aromatic heterocycles. The Bertz CT molecular complexity index is 1480. The van der Waals surface area contributed by atoms with Crippen molar-refractivity contribution in [1.29, 1.82) is 10.8 Å². The zero-order valence-corrected chi connectivity index (χ0v) is 28.8. The zero-order chi connectivity index (χ0) is 40.6. The molecule has 3 atom stereocenters. The Hall–Kier alpha value is -4.80. The number of hydrogen-bond acceptors (Lipinski definition) is 11. The molecule has 7 N–H and O–H groups in total. The summed E-state index contributed by atoms with van der Waals surface area (Å²) in [6.07, 6.45) is -15.1. The molecule has 0 spiro atoms. The van der Waals surface area contributed by atoms with Gasteiger partial charge < -0.3 is 35.3 Å². The molecule has 52 heavy (non-hydrogen) atoms. The Kier molecular flexibility index (Phi) is 15.3. The molecule has 1 unspecified atom stereocenters. The quantitative estimate of drug-likeness (QED) is 0.0640. The van der Waals surface area contributed by atoms with Crippen LogP contribution in [-0.2, 0) is 30.3 Å². The van der Waals surface area contributed by atoms with Crippen LogP contribution in [0.2, 0.25) is 0 Å². The highest BCUT2D eigenvalue weighted by Crippen LogP contribution is 2.41. The molecule has 4 amide bonds. The summed E-state index contributed by atoms with van der Waals surface area (Å²) in [5, 5.41) is 31.6. The molecular weight excluding hydrogens is 726 g/mol. The van der Waals surface area contributed by atoms with Crippen LogP contribution in [0.1, 0.15) is 45.7 Å². The highest BCUT2D eigenvalue weighted by Gasteiger charge is 2.57. The number of nitrogens with zero attached hydrogens (tertiary/aromatic N) is 1. The van der Waals surface area contributed by atoms with Gasteiger partial charge in [0.25, 0.3) is 5.91 Å². The Balaban J connectivity index is 3.54. The van der Waals surface area contributed by atoms with E-state index in [1.165, 1.54) is 0 Å². The number of amides is 4. The third kappa shape index (κ3) is 11.9. The van der Waals surface area contributed by atoms with E-state index in [0.29, 0.717) is 44.8 Å². The number of rotatable bonds is 14. The number of aliphatic hydroxyl groups excluding tert-OH is 1. The second kappa shape index (κ2) is 17.6. The molecule has 0 aliphatic rings. The molecule has 23 heteroatoms. The maximum absolute atomic E-state index is 15.2. The van der Waals surface area contributed by atoms with E-state index in [1.807, 2.05) is 10.7 Å². The second-order valence-corrected chi connectivity index (χ2v) is 12.2. The van der Waals surface area contributed by atoms with Crippen molar-refractivity contribution in [1.82, 2.24) is 26.4 Å². The minimum absolute atomic E-state index is 0.478. The molecule has 0 saturated carbocycles. The molecule has 0 aliphatic heterocycles. The molecule has 0 saturated heterocycles. The number of hydrazine groups is 1. The van der Waals surface area contributed by atoms with Gasteiger partial charge in [-0.15, -0.1) is 0 Å². The van der Waals surface area contributed by atoms with E-state index in [1.54, 1.807) is 10.6 Å². The summed E-state index contributed by atoms with van der Waals surface area (Å²) in [6.45, 7) is 0.317. The first kappa shape index (κ1) is 45.2. The average Bonchev–Trinajstić information content (AvgIpc) is 3.00. The van der Waals surface area contributed by atoms with Gasteiger partial charge >= 0.3 is 24.5 Å². The SMILES string of the molecule is COC(=O)NC(C(=O)NC[C@@H](O)CN(Cc1c(F)cc(C(=N)OC(C)=N)cc1F)NC(=O)[C@@H](NC(=O)OC)C(C)(C)C(F)(F)F)C(C)(C)C(F)(F)F. The molecule has 1 aromatic carbocycles. The fourth-order valence-corrected chi connectivity index (χ4v) is 4.13. The molecule has 0 fully saturated rings. The van der Waals surface area contributed by atoms with E-state index in [9.17, 15) is 50.6 Å². The molecule has 1 aromatic rings. The maximum Gasteiger partial charge on any atom is 0.407 e. The summed E-state index contributed by atoms with van der Waals surface area (Å²) in [7, 11) is 1.60. The number of nitrogens with one attached hydrogen (secondary N) is 6. The van der Waals surface area contributed by atoms with Gasteiger partial charge in [-0.1, -0.05) is 0 Å². The lowest BCUT2D eigenvalue weighted by molar-refractivity contribution is -0.221. The number of carbonyl (C=O) groups is 4. The lowest BCUT2D eigenvalue weighted by Gasteiger charge is -2.37. The molecule has 0 radical (unpaired) electrons. The summed E-state index contributed by atoms with van der Waals surface area (Å²) >= 11 is 0. The number of methoxy groups -OCH3 is 2. The smallest absolute Gasteiger partial charge is 0.407 e. The monoisotopic (exact) mass is 765 g/mol. The van der Waals surface area contributed by atoms with Crippen LogP contribution in [0.15, 0.2) is 12.1 Å². The number of alkyl carbamates (subject to hydrolysis) is 2. The van der Waals surface area contributed by atoms with E-state index < -0.39 is 120 Å². The normalized spacial score (nSPS) is 14.0. The Morgan fingerprint density at radius 3 is 1.63 bits per heavy atom. The number of hydrogen-bond donors (Lipinski definition) is 7. The summed E-state index contributed by atoms with van der Waals surface area (Å²) in [6, 6.07) is -3.64. The van der Waals surface area contributed by atoms with Gasteiger partial charge in [-0.3, -0.25) is 25.8 Å². The average molecular weight is 766 g/mol. The summed E-state index contributed by atoms with van der Waals surface area (Å²) in [5.74, 6) is -7.29. The molecule has 0 aliphatic carbocycles. The van der Waals surface area contributed by atoms with Crippen LogP contribution in [-0.4, -0.2) is 104 Å². The van der Waals surface area contributed by atoms with Gasteiger partial charge in [0.15, 0.2) is 5.90 Å². The fourth-order valence-electron chi connectivity index (χ4n) is 4.13. The summed E-state index contributed by atoms with van der Waals surface area (Å²) in [4.78, 5) is 49.8. The first-order valence-electron chi connectivity index (χ1n) is 14.7. The van der Waals surface area contributed by atoms with E-state index in [4.69, 9.17) is 15.6 Å². The zero-order valence-electron chi connectivity index (χ0n) is 28.8. The van der Waals surface area contributed by atoms with E-state index >= 15 is 8.78 Å². The van der Waals surface area contributed by atoms with Gasteiger partial charge in [0.1, 0.15) is 23.7 Å². The Morgan fingerprint density at radius 2 is 1.25 bits per heavy atom. The van der Waals surface area contributed by atoms with Gasteiger partial charge in [0.05, 0.1) is 31.2 Å². The highest BCUT2D eigenvalue weighted by molar-refractivity contribution is 5.98. The number of carbonyl (C=O) groups excluding carboxylic acids is 4. The first-order valence-corrected chi connectivity index (χ1v) is 14.7. The van der Waals surface area contributed by atoms with Crippen LogP contribution in [0.5, 0.6) is 0 Å². The third-order valence-corrected chi connectivity index (χ3v) is 7.54. The number of ether oxygens (including phenoxy) is 3. The summed E-state index contributed by atoms with van der Waals surface area (Å²) in [5.41, 5.74) is -5.42. The van der Waals surface area contributed by atoms with Crippen LogP contribution in [0, 0.1) is 33.3 Å². The van der Waals surface area contributed by atoms with Gasteiger partial charge in [0.2, 0.25) is 11.8 Å². The second-order valence-electron chi connectivity index (χ2n) is 12.2. The number of alkyl halides is 6. The van der Waals surface area contributed by atoms with Gasteiger partial charge in [-0.05, 0) is 39.8 Å². The minimum Gasteiger partial charge on any atom is -0.453 e.